The Morgan fingerprint density at radius 3 is 2.37 bits per heavy atom. The van der Waals surface area contributed by atoms with Crippen LogP contribution in [0.15, 0.2) is 48.5 Å². The van der Waals surface area contributed by atoms with Crippen LogP contribution in [0.3, 0.4) is 0 Å². The number of thioether (sulfide) groups is 1. The fourth-order valence-electron chi connectivity index (χ4n) is 2.82. The van der Waals surface area contributed by atoms with Crippen LogP contribution in [-0.2, 0) is 21.9 Å². The molecule has 2 rings (SSSR count). The highest BCUT2D eigenvalue weighted by Crippen LogP contribution is 2.17. The van der Waals surface area contributed by atoms with Gasteiger partial charge in [-0.3, -0.25) is 9.59 Å². The lowest BCUT2D eigenvalue weighted by Crippen LogP contribution is -2.48. The number of carbonyl (C=O) groups is 2. The smallest absolute Gasteiger partial charge is 0.242 e. The molecular formula is C23H28ClFN2O2S. The van der Waals surface area contributed by atoms with E-state index in [0.717, 1.165) is 24.0 Å². The number of nitrogens with one attached hydrogen (secondary N) is 1. The van der Waals surface area contributed by atoms with Crippen molar-refractivity contribution in [2.75, 3.05) is 12.3 Å². The molecule has 0 aliphatic rings. The molecule has 0 aliphatic heterocycles. The molecule has 1 atom stereocenters. The van der Waals surface area contributed by atoms with Crippen molar-refractivity contribution in [3.63, 3.8) is 0 Å². The van der Waals surface area contributed by atoms with Gasteiger partial charge in [0, 0.05) is 23.9 Å². The molecule has 7 heteroatoms. The maximum Gasteiger partial charge on any atom is 0.242 e. The molecule has 0 unspecified atom stereocenters. The van der Waals surface area contributed by atoms with Crippen molar-refractivity contribution in [3.8, 4) is 0 Å². The third-order valence-corrected chi connectivity index (χ3v) is 5.91. The van der Waals surface area contributed by atoms with Crippen molar-refractivity contribution in [2.24, 2.45) is 0 Å². The summed E-state index contributed by atoms with van der Waals surface area (Å²) in [5, 5.41) is 3.53. The van der Waals surface area contributed by atoms with Crippen LogP contribution < -0.4 is 5.32 Å². The number of halogens is 2. The summed E-state index contributed by atoms with van der Waals surface area (Å²) < 4.78 is 13.0. The first kappa shape index (κ1) is 24.2. The van der Waals surface area contributed by atoms with Crippen LogP contribution in [0, 0.1) is 5.82 Å². The standard InChI is InChI=1S/C23H28ClFN2O2S/c1-3-4-13-26-23(29)17(2)27(14-18-5-9-20(24)10-6-18)22(28)16-30-15-19-7-11-21(25)12-8-19/h5-12,17H,3-4,13-16H2,1-2H3,(H,26,29)/t17-/m0/s1. The summed E-state index contributed by atoms with van der Waals surface area (Å²) in [6.07, 6.45) is 1.89. The second kappa shape index (κ2) is 12.6. The molecule has 4 nitrogen and oxygen atoms in total. The highest BCUT2D eigenvalue weighted by Gasteiger charge is 2.25. The minimum Gasteiger partial charge on any atom is -0.354 e. The van der Waals surface area contributed by atoms with Crippen LogP contribution >= 0.6 is 23.4 Å². The first-order valence-corrected chi connectivity index (χ1v) is 11.6. The van der Waals surface area contributed by atoms with Crippen molar-refractivity contribution < 1.29 is 14.0 Å². The van der Waals surface area contributed by atoms with E-state index in [1.54, 1.807) is 36.1 Å². The fraction of sp³-hybridized carbons (Fsp3) is 0.391. The van der Waals surface area contributed by atoms with Gasteiger partial charge in [0.25, 0.3) is 0 Å². The third-order valence-electron chi connectivity index (χ3n) is 4.67. The van der Waals surface area contributed by atoms with Crippen LogP contribution in [0.5, 0.6) is 0 Å². The second-order valence-corrected chi connectivity index (χ2v) is 8.51. The van der Waals surface area contributed by atoms with Gasteiger partial charge in [-0.25, -0.2) is 4.39 Å². The van der Waals surface area contributed by atoms with Gasteiger partial charge < -0.3 is 10.2 Å². The van der Waals surface area contributed by atoms with Crippen LogP contribution in [0.2, 0.25) is 5.02 Å². The van der Waals surface area contributed by atoms with E-state index in [9.17, 15) is 14.0 Å². The largest absolute Gasteiger partial charge is 0.354 e. The van der Waals surface area contributed by atoms with E-state index in [1.807, 2.05) is 12.1 Å². The fourth-order valence-corrected chi connectivity index (χ4v) is 3.82. The molecule has 0 saturated heterocycles. The van der Waals surface area contributed by atoms with Gasteiger partial charge in [-0.1, -0.05) is 49.2 Å². The van der Waals surface area contributed by atoms with Gasteiger partial charge in [0.1, 0.15) is 11.9 Å². The van der Waals surface area contributed by atoms with Gasteiger partial charge in [-0.15, -0.1) is 11.8 Å². The number of nitrogens with zero attached hydrogens (tertiary/aromatic N) is 1. The Labute approximate surface area is 187 Å². The van der Waals surface area contributed by atoms with Gasteiger partial charge in [0.15, 0.2) is 0 Å². The minimum atomic E-state index is -0.587. The topological polar surface area (TPSA) is 49.4 Å². The lowest BCUT2D eigenvalue weighted by atomic mass is 10.1. The van der Waals surface area contributed by atoms with Crippen molar-refractivity contribution >= 4 is 35.2 Å². The van der Waals surface area contributed by atoms with Crippen LogP contribution in [0.1, 0.15) is 37.8 Å². The zero-order chi connectivity index (χ0) is 21.9. The molecule has 0 aliphatic carbocycles. The molecule has 0 spiro atoms. The highest BCUT2D eigenvalue weighted by atomic mass is 35.5. The van der Waals surface area contributed by atoms with E-state index in [0.29, 0.717) is 23.9 Å². The predicted molar refractivity (Wildman–Crippen MR) is 122 cm³/mol. The molecule has 30 heavy (non-hydrogen) atoms. The number of unbranched alkanes of at least 4 members (excludes halogenated alkanes) is 1. The molecule has 1 N–H and O–H groups in total. The van der Waals surface area contributed by atoms with Gasteiger partial charge in [0.2, 0.25) is 11.8 Å². The van der Waals surface area contributed by atoms with E-state index in [-0.39, 0.29) is 23.4 Å². The average Bonchev–Trinajstić information content (AvgIpc) is 2.74. The lowest BCUT2D eigenvalue weighted by molar-refractivity contribution is -0.138. The van der Waals surface area contributed by atoms with E-state index in [4.69, 9.17) is 11.6 Å². The molecule has 0 heterocycles. The van der Waals surface area contributed by atoms with E-state index >= 15 is 0 Å². The van der Waals surface area contributed by atoms with Crippen LogP contribution in [0.25, 0.3) is 0 Å². The van der Waals surface area contributed by atoms with Crippen molar-refractivity contribution in [1.82, 2.24) is 10.2 Å². The van der Waals surface area contributed by atoms with Gasteiger partial charge in [-0.05, 0) is 48.7 Å². The van der Waals surface area contributed by atoms with Crippen LogP contribution in [0.4, 0.5) is 4.39 Å². The van der Waals surface area contributed by atoms with Crippen molar-refractivity contribution in [3.05, 3.63) is 70.5 Å². The maximum absolute atomic E-state index is 13.0. The summed E-state index contributed by atoms with van der Waals surface area (Å²) in [4.78, 5) is 27.1. The molecule has 2 aromatic rings. The molecule has 0 fully saturated rings. The lowest BCUT2D eigenvalue weighted by Gasteiger charge is -2.29. The van der Waals surface area contributed by atoms with Gasteiger partial charge >= 0.3 is 0 Å². The molecule has 2 amide bonds. The van der Waals surface area contributed by atoms with Crippen molar-refractivity contribution in [2.45, 2.75) is 45.0 Å². The number of hydrogen-bond acceptors (Lipinski definition) is 3. The summed E-state index contributed by atoms with van der Waals surface area (Å²) >= 11 is 7.41. The summed E-state index contributed by atoms with van der Waals surface area (Å²) in [6, 6.07) is 12.9. The number of hydrogen-bond donors (Lipinski definition) is 1. The molecule has 0 aromatic heterocycles. The van der Waals surface area contributed by atoms with Gasteiger partial charge in [0.05, 0.1) is 5.75 Å². The van der Waals surface area contributed by atoms with E-state index in [1.165, 1.54) is 23.9 Å². The number of rotatable bonds is 11. The Balaban J connectivity index is 2.02. The Morgan fingerprint density at radius 1 is 1.10 bits per heavy atom. The Hall–Kier alpha value is -2.05. The molecule has 0 bridgehead atoms. The molecule has 162 valence electrons. The SMILES string of the molecule is CCCCNC(=O)[C@H](C)N(Cc1ccc(Cl)cc1)C(=O)CSCc1ccc(F)cc1. The first-order valence-electron chi connectivity index (χ1n) is 10.0. The summed E-state index contributed by atoms with van der Waals surface area (Å²) in [5.41, 5.74) is 1.85. The predicted octanol–water partition coefficient (Wildman–Crippen LogP) is 5.05. The number of carbonyl (C=O) groups excluding carboxylic acids is 2. The Bertz CT molecular complexity index is 815. The normalized spacial score (nSPS) is 11.7. The second-order valence-electron chi connectivity index (χ2n) is 7.09. The summed E-state index contributed by atoms with van der Waals surface area (Å²) in [6.45, 7) is 4.74. The van der Waals surface area contributed by atoms with Crippen molar-refractivity contribution in [1.29, 1.82) is 0 Å². The Morgan fingerprint density at radius 2 is 1.73 bits per heavy atom. The van der Waals surface area contributed by atoms with E-state index in [2.05, 4.69) is 12.2 Å². The first-order chi connectivity index (χ1) is 14.4. The van der Waals surface area contributed by atoms with Crippen LogP contribution in [-0.4, -0.2) is 35.1 Å². The highest BCUT2D eigenvalue weighted by molar-refractivity contribution is 7.99. The molecule has 0 radical (unpaired) electrons. The average molecular weight is 451 g/mol. The zero-order valence-corrected chi connectivity index (χ0v) is 18.9. The minimum absolute atomic E-state index is 0.116. The molecule has 0 saturated carbocycles. The third kappa shape index (κ3) is 8.00. The zero-order valence-electron chi connectivity index (χ0n) is 17.4. The quantitative estimate of drug-likeness (QED) is 0.487. The number of benzene rings is 2. The number of amides is 2. The summed E-state index contributed by atoms with van der Waals surface area (Å²) in [5.74, 6) is 0.275. The van der Waals surface area contributed by atoms with Gasteiger partial charge in [-0.2, -0.15) is 0 Å². The van der Waals surface area contributed by atoms with E-state index < -0.39 is 6.04 Å². The maximum atomic E-state index is 13.0. The summed E-state index contributed by atoms with van der Waals surface area (Å²) in [7, 11) is 0. The molecular weight excluding hydrogens is 423 g/mol. The Kier molecular flexibility index (Phi) is 10.2. The monoisotopic (exact) mass is 450 g/mol. The molecule has 2 aromatic carbocycles.